The van der Waals surface area contributed by atoms with E-state index in [0.29, 0.717) is 22.3 Å². The molecule has 21 heavy (non-hydrogen) atoms. The van der Waals surface area contributed by atoms with Gasteiger partial charge in [-0.15, -0.1) is 0 Å². The van der Waals surface area contributed by atoms with Crippen LogP contribution in [0.5, 0.6) is 5.75 Å². The smallest absolute Gasteiger partial charge is 0.139 e. The Kier molecular flexibility index (Phi) is 3.43. The van der Waals surface area contributed by atoms with E-state index in [2.05, 4.69) is 26.8 Å². The zero-order valence-electron chi connectivity index (χ0n) is 12.6. The minimum atomic E-state index is -0.265. The maximum absolute atomic E-state index is 9.26. The summed E-state index contributed by atoms with van der Waals surface area (Å²) < 4.78 is 12.5. The van der Waals surface area contributed by atoms with Gasteiger partial charge in [0.25, 0.3) is 0 Å². The van der Waals surface area contributed by atoms with Gasteiger partial charge in [-0.2, -0.15) is 5.26 Å². The molecule has 0 radical (unpaired) electrons. The molecule has 2 heterocycles. The van der Waals surface area contributed by atoms with Crippen molar-refractivity contribution in [1.29, 1.82) is 5.26 Å². The predicted molar refractivity (Wildman–Crippen MR) is 81.5 cm³/mol. The van der Waals surface area contributed by atoms with Crippen LogP contribution in [0.4, 0.5) is 0 Å². The summed E-state index contributed by atoms with van der Waals surface area (Å²) in [6.07, 6.45) is 2.93. The van der Waals surface area contributed by atoms with E-state index in [0.717, 1.165) is 19.3 Å². The van der Waals surface area contributed by atoms with Crippen LogP contribution in [-0.4, -0.2) is 17.3 Å². The van der Waals surface area contributed by atoms with Crippen molar-refractivity contribution >= 4 is 11.6 Å². The lowest BCUT2D eigenvalue weighted by molar-refractivity contribution is -0.0769. The van der Waals surface area contributed by atoms with Gasteiger partial charge in [-0.3, -0.25) is 0 Å². The Morgan fingerprint density at radius 3 is 2.81 bits per heavy atom. The topological polar surface area (TPSA) is 42.2 Å². The number of halogens is 1. The number of nitrogens with zero attached hydrogens (tertiary/aromatic N) is 1. The Bertz CT molecular complexity index is 609. The molecule has 3 nitrogen and oxygen atoms in total. The van der Waals surface area contributed by atoms with Crippen LogP contribution in [-0.2, 0) is 4.74 Å². The first-order valence-corrected chi connectivity index (χ1v) is 7.83. The molecule has 0 N–H and O–H groups in total. The summed E-state index contributed by atoms with van der Waals surface area (Å²) in [4.78, 5) is 0. The van der Waals surface area contributed by atoms with Crippen molar-refractivity contribution in [2.45, 2.75) is 57.3 Å². The average Bonchev–Trinajstić information content (AvgIpc) is 2.91. The molecule has 2 aliphatic heterocycles. The van der Waals surface area contributed by atoms with Crippen LogP contribution in [0.25, 0.3) is 0 Å². The third-order valence-corrected chi connectivity index (χ3v) is 5.42. The van der Waals surface area contributed by atoms with Crippen molar-refractivity contribution in [2.75, 3.05) is 0 Å². The van der Waals surface area contributed by atoms with Crippen LogP contribution >= 0.6 is 11.6 Å². The Morgan fingerprint density at radius 2 is 2.19 bits per heavy atom. The van der Waals surface area contributed by atoms with Crippen LogP contribution in [0.15, 0.2) is 18.2 Å². The first-order valence-electron chi connectivity index (χ1n) is 7.46. The molecule has 1 aromatic rings. The van der Waals surface area contributed by atoms with Crippen LogP contribution in [0.3, 0.4) is 0 Å². The summed E-state index contributed by atoms with van der Waals surface area (Å²) in [5.74, 6) is 1.02. The van der Waals surface area contributed by atoms with Gasteiger partial charge in [-0.25, -0.2) is 0 Å². The summed E-state index contributed by atoms with van der Waals surface area (Å²) >= 11 is 6.07. The Morgan fingerprint density at radius 1 is 1.43 bits per heavy atom. The van der Waals surface area contributed by atoms with E-state index in [-0.39, 0.29) is 17.3 Å². The average molecular weight is 306 g/mol. The van der Waals surface area contributed by atoms with Crippen LogP contribution in [0, 0.1) is 17.2 Å². The Labute approximate surface area is 130 Å². The Hall–Kier alpha value is -1.24. The second kappa shape index (κ2) is 4.90. The summed E-state index contributed by atoms with van der Waals surface area (Å²) in [5.41, 5.74) is 0.0635. The van der Waals surface area contributed by atoms with Crippen LogP contribution < -0.4 is 4.74 Å². The number of rotatable bonds is 3. The summed E-state index contributed by atoms with van der Waals surface area (Å²) in [5, 5.41) is 9.70. The van der Waals surface area contributed by atoms with Crippen molar-refractivity contribution in [3.05, 3.63) is 28.8 Å². The first kappa shape index (κ1) is 14.7. The van der Waals surface area contributed by atoms with Gasteiger partial charge in [-0.05, 0) is 37.8 Å². The highest BCUT2D eigenvalue weighted by molar-refractivity contribution is 6.31. The van der Waals surface area contributed by atoms with E-state index in [1.807, 2.05) is 12.1 Å². The molecular formula is C17H20ClNO2. The lowest BCUT2D eigenvalue weighted by atomic mass is 9.75. The number of hydrogen-bond acceptors (Lipinski definition) is 3. The molecule has 2 bridgehead atoms. The highest BCUT2D eigenvalue weighted by atomic mass is 35.5. The van der Waals surface area contributed by atoms with Crippen molar-refractivity contribution in [2.24, 2.45) is 5.92 Å². The largest absolute Gasteiger partial charge is 0.486 e. The maximum atomic E-state index is 9.26. The first-order chi connectivity index (χ1) is 9.90. The number of fused-ring (bicyclic) bond motifs is 2. The van der Waals surface area contributed by atoms with E-state index < -0.39 is 0 Å². The fraction of sp³-hybridized carbons (Fsp3) is 0.588. The summed E-state index contributed by atoms with van der Waals surface area (Å²) in [6, 6.07) is 7.46. The van der Waals surface area contributed by atoms with Crippen LogP contribution in [0.2, 0.25) is 5.02 Å². The van der Waals surface area contributed by atoms with Gasteiger partial charge in [0.05, 0.1) is 10.6 Å². The fourth-order valence-corrected chi connectivity index (χ4v) is 3.81. The van der Waals surface area contributed by atoms with Crippen molar-refractivity contribution in [3.63, 3.8) is 0 Å². The SMILES string of the molecule is CC(C)[C@]12CC[C@](C)(O1)[C@H](Oc1cccc(Cl)c1C#N)C2. The van der Waals surface area contributed by atoms with E-state index >= 15 is 0 Å². The molecule has 0 unspecified atom stereocenters. The number of benzene rings is 1. The lowest BCUT2D eigenvalue weighted by Crippen LogP contribution is -2.40. The van der Waals surface area contributed by atoms with Gasteiger partial charge < -0.3 is 9.47 Å². The van der Waals surface area contributed by atoms with Crippen molar-refractivity contribution < 1.29 is 9.47 Å². The quantitative estimate of drug-likeness (QED) is 0.835. The molecule has 112 valence electrons. The van der Waals surface area contributed by atoms with Gasteiger partial charge in [0, 0.05) is 6.42 Å². The third-order valence-electron chi connectivity index (χ3n) is 5.10. The molecule has 2 fully saturated rings. The van der Waals surface area contributed by atoms with Gasteiger partial charge >= 0.3 is 0 Å². The lowest BCUT2D eigenvalue weighted by Gasteiger charge is -2.32. The molecule has 0 spiro atoms. The second-order valence-corrected chi connectivity index (χ2v) is 7.08. The summed E-state index contributed by atoms with van der Waals surface area (Å²) in [6.45, 7) is 6.52. The van der Waals surface area contributed by atoms with Gasteiger partial charge in [0.1, 0.15) is 29.1 Å². The molecule has 2 aliphatic rings. The molecule has 1 aromatic carbocycles. The summed E-state index contributed by atoms with van der Waals surface area (Å²) in [7, 11) is 0. The number of hydrogen-bond donors (Lipinski definition) is 0. The van der Waals surface area contributed by atoms with E-state index in [1.165, 1.54) is 0 Å². The number of ether oxygens (including phenoxy) is 2. The van der Waals surface area contributed by atoms with Crippen molar-refractivity contribution in [1.82, 2.24) is 0 Å². The Balaban J connectivity index is 1.88. The zero-order valence-corrected chi connectivity index (χ0v) is 13.4. The van der Waals surface area contributed by atoms with Crippen molar-refractivity contribution in [3.8, 4) is 11.8 Å². The fourth-order valence-electron chi connectivity index (χ4n) is 3.60. The molecule has 0 saturated carbocycles. The number of nitriles is 1. The van der Waals surface area contributed by atoms with E-state index in [1.54, 1.807) is 6.07 Å². The molecule has 4 heteroatoms. The maximum Gasteiger partial charge on any atom is 0.139 e. The molecule has 3 rings (SSSR count). The minimum absolute atomic E-state index is 0.0285. The molecule has 0 aromatic heterocycles. The zero-order chi connectivity index (χ0) is 15.3. The van der Waals surface area contributed by atoms with Gasteiger partial charge in [0.15, 0.2) is 0 Å². The van der Waals surface area contributed by atoms with Gasteiger partial charge in [-0.1, -0.05) is 31.5 Å². The van der Waals surface area contributed by atoms with E-state index in [9.17, 15) is 5.26 Å². The highest BCUT2D eigenvalue weighted by Gasteiger charge is 2.61. The monoisotopic (exact) mass is 305 g/mol. The predicted octanol–water partition coefficient (Wildman–Crippen LogP) is 4.33. The normalized spacial score (nSPS) is 34.2. The molecular weight excluding hydrogens is 286 g/mol. The van der Waals surface area contributed by atoms with E-state index in [4.69, 9.17) is 21.1 Å². The van der Waals surface area contributed by atoms with Gasteiger partial charge in [0.2, 0.25) is 0 Å². The second-order valence-electron chi connectivity index (χ2n) is 6.67. The molecule has 3 atom stereocenters. The minimum Gasteiger partial charge on any atom is -0.486 e. The van der Waals surface area contributed by atoms with Crippen LogP contribution in [0.1, 0.15) is 45.6 Å². The standard InChI is InChI=1S/C17H20ClNO2/c1-11(2)17-8-7-16(3,21-17)15(9-17)20-14-6-4-5-13(18)12(14)10-19/h4-6,11,15H,7-9H2,1-3H3/t15-,16+,17-/m1/s1. The highest BCUT2D eigenvalue weighted by Crippen LogP contribution is 2.55. The molecule has 0 amide bonds. The molecule has 2 saturated heterocycles. The third kappa shape index (κ3) is 2.22. The molecule has 0 aliphatic carbocycles.